The lowest BCUT2D eigenvalue weighted by Gasteiger charge is -2.26. The lowest BCUT2D eigenvalue weighted by atomic mass is 9.81. The number of aromatic amines is 1. The summed E-state index contributed by atoms with van der Waals surface area (Å²) in [6.07, 6.45) is 6.64. The van der Waals surface area contributed by atoms with Gasteiger partial charge in [-0.05, 0) is 31.6 Å². The molecule has 1 heterocycles. The molecule has 4 heteroatoms. The van der Waals surface area contributed by atoms with Crippen LogP contribution in [-0.4, -0.2) is 16.5 Å². The van der Waals surface area contributed by atoms with Crippen molar-refractivity contribution in [3.63, 3.8) is 0 Å². The molecule has 0 saturated heterocycles. The third kappa shape index (κ3) is 3.86. The second-order valence-electron chi connectivity index (χ2n) is 5.57. The monoisotopic (exact) mass is 249 g/mol. The first kappa shape index (κ1) is 13.1. The van der Waals surface area contributed by atoms with Crippen molar-refractivity contribution < 1.29 is 0 Å². The molecule has 2 unspecified atom stereocenters. The highest BCUT2D eigenvalue weighted by Gasteiger charge is 2.18. The fourth-order valence-corrected chi connectivity index (χ4v) is 2.90. The molecule has 1 aliphatic carbocycles. The highest BCUT2D eigenvalue weighted by Crippen LogP contribution is 2.30. The van der Waals surface area contributed by atoms with Crippen molar-refractivity contribution >= 4 is 5.82 Å². The summed E-state index contributed by atoms with van der Waals surface area (Å²) < 4.78 is 0. The van der Waals surface area contributed by atoms with E-state index in [2.05, 4.69) is 22.2 Å². The number of hydrogen-bond acceptors (Lipinski definition) is 3. The average molecular weight is 249 g/mol. The largest absolute Gasteiger partial charge is 0.370 e. The summed E-state index contributed by atoms with van der Waals surface area (Å²) in [6.45, 7) is 5.06. The van der Waals surface area contributed by atoms with Gasteiger partial charge in [0.25, 0.3) is 5.56 Å². The number of nitrogens with one attached hydrogen (secondary N) is 2. The molecule has 1 saturated carbocycles. The molecule has 100 valence electrons. The van der Waals surface area contributed by atoms with Crippen molar-refractivity contribution in [2.45, 2.75) is 46.0 Å². The number of nitrogens with zero attached hydrogens (tertiary/aromatic N) is 1. The van der Waals surface area contributed by atoms with Gasteiger partial charge in [0.15, 0.2) is 0 Å². The third-order valence-electron chi connectivity index (χ3n) is 3.76. The van der Waals surface area contributed by atoms with Crippen LogP contribution in [0.15, 0.2) is 10.9 Å². The van der Waals surface area contributed by atoms with Crippen LogP contribution in [0.1, 0.15) is 44.9 Å². The Morgan fingerprint density at radius 3 is 3.06 bits per heavy atom. The molecule has 0 spiro atoms. The summed E-state index contributed by atoms with van der Waals surface area (Å²) in [6, 6.07) is 1.52. The zero-order valence-electron chi connectivity index (χ0n) is 11.3. The Labute approximate surface area is 108 Å². The van der Waals surface area contributed by atoms with Crippen LogP contribution in [0.3, 0.4) is 0 Å². The summed E-state index contributed by atoms with van der Waals surface area (Å²) >= 11 is 0. The van der Waals surface area contributed by atoms with Gasteiger partial charge in [-0.15, -0.1) is 0 Å². The number of hydrogen-bond donors (Lipinski definition) is 2. The summed E-state index contributed by atoms with van der Waals surface area (Å²) in [5, 5.41) is 3.26. The van der Waals surface area contributed by atoms with E-state index in [1.165, 1.54) is 38.2 Å². The van der Waals surface area contributed by atoms with Crippen molar-refractivity contribution in [1.82, 2.24) is 9.97 Å². The minimum Gasteiger partial charge on any atom is -0.370 e. The van der Waals surface area contributed by atoms with E-state index in [4.69, 9.17) is 0 Å². The number of anilines is 1. The first-order valence-electron chi connectivity index (χ1n) is 6.95. The van der Waals surface area contributed by atoms with Crippen LogP contribution >= 0.6 is 0 Å². The Bertz CT molecular complexity index is 441. The highest BCUT2D eigenvalue weighted by molar-refractivity contribution is 5.32. The van der Waals surface area contributed by atoms with Crippen molar-refractivity contribution in [2.24, 2.45) is 11.8 Å². The molecule has 4 nitrogen and oxygen atoms in total. The zero-order valence-corrected chi connectivity index (χ0v) is 11.3. The fourth-order valence-electron chi connectivity index (χ4n) is 2.90. The average Bonchev–Trinajstić information content (AvgIpc) is 2.27. The van der Waals surface area contributed by atoms with Gasteiger partial charge in [0.1, 0.15) is 11.6 Å². The van der Waals surface area contributed by atoms with Gasteiger partial charge in [0.2, 0.25) is 0 Å². The van der Waals surface area contributed by atoms with Gasteiger partial charge in [0.05, 0.1) is 0 Å². The van der Waals surface area contributed by atoms with Crippen LogP contribution < -0.4 is 10.9 Å². The number of rotatable bonds is 4. The van der Waals surface area contributed by atoms with Gasteiger partial charge < -0.3 is 10.3 Å². The molecule has 1 aromatic rings. The summed E-state index contributed by atoms with van der Waals surface area (Å²) in [7, 11) is 0. The molecule has 2 N–H and O–H groups in total. The molecule has 2 rings (SSSR count). The van der Waals surface area contributed by atoms with Gasteiger partial charge in [-0.1, -0.05) is 26.2 Å². The Morgan fingerprint density at radius 2 is 2.33 bits per heavy atom. The maximum atomic E-state index is 11.3. The molecule has 1 aliphatic rings. The first-order valence-corrected chi connectivity index (χ1v) is 6.95. The van der Waals surface area contributed by atoms with Crippen molar-refractivity contribution in [1.29, 1.82) is 0 Å². The normalized spacial score (nSPS) is 23.9. The van der Waals surface area contributed by atoms with Crippen LogP contribution in [0, 0.1) is 18.8 Å². The van der Waals surface area contributed by atoms with Crippen LogP contribution in [0.25, 0.3) is 0 Å². The number of aryl methyl sites for hydroxylation is 1. The van der Waals surface area contributed by atoms with Gasteiger partial charge >= 0.3 is 0 Å². The Hall–Kier alpha value is -1.32. The topological polar surface area (TPSA) is 57.8 Å². The second kappa shape index (κ2) is 6.03. The SMILES string of the molecule is Cc1nc(NCCC2CCCC(C)C2)cc(=O)[nH]1. The van der Waals surface area contributed by atoms with Crippen molar-refractivity contribution in [2.75, 3.05) is 11.9 Å². The molecule has 0 radical (unpaired) electrons. The maximum absolute atomic E-state index is 11.3. The summed E-state index contributed by atoms with van der Waals surface area (Å²) in [4.78, 5) is 18.2. The lowest BCUT2D eigenvalue weighted by molar-refractivity contribution is 0.274. The van der Waals surface area contributed by atoms with E-state index in [1.54, 1.807) is 6.92 Å². The minimum atomic E-state index is -0.0868. The summed E-state index contributed by atoms with van der Waals surface area (Å²) in [5.41, 5.74) is -0.0868. The van der Waals surface area contributed by atoms with E-state index in [-0.39, 0.29) is 5.56 Å². The van der Waals surface area contributed by atoms with E-state index in [9.17, 15) is 4.79 Å². The maximum Gasteiger partial charge on any atom is 0.252 e. The summed E-state index contributed by atoms with van der Waals surface area (Å²) in [5.74, 6) is 3.07. The molecular weight excluding hydrogens is 226 g/mol. The van der Waals surface area contributed by atoms with Gasteiger partial charge in [-0.3, -0.25) is 4.79 Å². The van der Waals surface area contributed by atoms with E-state index in [1.807, 2.05) is 0 Å². The third-order valence-corrected chi connectivity index (χ3v) is 3.76. The molecule has 0 amide bonds. The molecule has 0 bridgehead atoms. The van der Waals surface area contributed by atoms with E-state index in [0.29, 0.717) is 11.6 Å². The molecule has 1 aromatic heterocycles. The standard InChI is InChI=1S/C14H23N3O/c1-10-4-3-5-12(8-10)6-7-15-13-9-14(18)17-11(2)16-13/h9-10,12H,3-8H2,1-2H3,(H2,15,16,17,18). The van der Waals surface area contributed by atoms with Crippen LogP contribution in [0.4, 0.5) is 5.82 Å². The quantitative estimate of drug-likeness (QED) is 0.862. The second-order valence-corrected chi connectivity index (χ2v) is 5.57. The lowest BCUT2D eigenvalue weighted by Crippen LogP contribution is -2.18. The molecule has 0 aromatic carbocycles. The van der Waals surface area contributed by atoms with Gasteiger partial charge in [0, 0.05) is 12.6 Å². The highest BCUT2D eigenvalue weighted by atomic mass is 16.1. The Kier molecular flexibility index (Phi) is 4.39. The predicted molar refractivity (Wildman–Crippen MR) is 73.8 cm³/mol. The number of H-pyrrole nitrogens is 1. The van der Waals surface area contributed by atoms with Gasteiger partial charge in [-0.2, -0.15) is 0 Å². The van der Waals surface area contributed by atoms with Crippen LogP contribution in [-0.2, 0) is 0 Å². The molecule has 2 atom stereocenters. The molecule has 1 fully saturated rings. The smallest absolute Gasteiger partial charge is 0.252 e. The van der Waals surface area contributed by atoms with Crippen molar-refractivity contribution in [3.8, 4) is 0 Å². The van der Waals surface area contributed by atoms with E-state index < -0.39 is 0 Å². The van der Waals surface area contributed by atoms with Crippen molar-refractivity contribution in [3.05, 3.63) is 22.2 Å². The minimum absolute atomic E-state index is 0.0868. The fraction of sp³-hybridized carbons (Fsp3) is 0.714. The Morgan fingerprint density at radius 1 is 1.50 bits per heavy atom. The first-order chi connectivity index (χ1) is 8.63. The zero-order chi connectivity index (χ0) is 13.0. The molecular formula is C14H23N3O. The van der Waals surface area contributed by atoms with Crippen LogP contribution in [0.2, 0.25) is 0 Å². The van der Waals surface area contributed by atoms with Crippen LogP contribution in [0.5, 0.6) is 0 Å². The Balaban J connectivity index is 1.79. The predicted octanol–water partition coefficient (Wildman–Crippen LogP) is 2.71. The molecule has 18 heavy (non-hydrogen) atoms. The molecule has 0 aliphatic heterocycles. The van der Waals surface area contributed by atoms with Gasteiger partial charge in [-0.25, -0.2) is 4.98 Å². The van der Waals surface area contributed by atoms with E-state index in [0.717, 1.165) is 18.4 Å². The number of aromatic nitrogens is 2. The van der Waals surface area contributed by atoms with E-state index >= 15 is 0 Å².